The van der Waals surface area contributed by atoms with Crippen molar-refractivity contribution in [3.05, 3.63) is 46.2 Å². The summed E-state index contributed by atoms with van der Waals surface area (Å²) in [5.74, 6) is -1.16. The van der Waals surface area contributed by atoms with Gasteiger partial charge in [0, 0.05) is 16.5 Å². The fraction of sp³-hybridized carbons (Fsp3) is 0.235. The molecule has 3 rings (SSSR count). The molecular formula is C17H14Cl2F2N4O2. The molecule has 0 atom stereocenters. The van der Waals surface area contributed by atoms with Crippen molar-refractivity contribution in [2.24, 2.45) is 0 Å². The van der Waals surface area contributed by atoms with Crippen LogP contribution in [0.3, 0.4) is 0 Å². The van der Waals surface area contributed by atoms with Crippen molar-refractivity contribution in [2.75, 3.05) is 5.32 Å². The van der Waals surface area contributed by atoms with E-state index in [1.807, 2.05) is 13.8 Å². The van der Waals surface area contributed by atoms with Gasteiger partial charge in [-0.25, -0.2) is 9.67 Å². The number of carbonyl (C=O) groups is 1. The standard InChI is InChI=1S/C17H14Cl2F2N4O2/c1-8(2)25-15-9(6-23-25)3-11(7-22-15)24-16(26)12-4-10(18)5-13(19)14(12)27-17(20)21/h3-8,17H,1-2H3,(H,24,26). The molecule has 2 aromatic heterocycles. The molecule has 0 aliphatic heterocycles. The zero-order chi connectivity index (χ0) is 19.7. The molecule has 1 amide bonds. The van der Waals surface area contributed by atoms with Gasteiger partial charge in [-0.05, 0) is 32.0 Å². The topological polar surface area (TPSA) is 69.0 Å². The summed E-state index contributed by atoms with van der Waals surface area (Å²) in [7, 11) is 0. The highest BCUT2D eigenvalue weighted by molar-refractivity contribution is 6.36. The van der Waals surface area contributed by atoms with Crippen molar-refractivity contribution in [3.8, 4) is 5.75 Å². The first kappa shape index (κ1) is 19.3. The summed E-state index contributed by atoms with van der Waals surface area (Å²) >= 11 is 11.8. The van der Waals surface area contributed by atoms with Crippen LogP contribution in [0, 0.1) is 0 Å². The molecule has 0 fully saturated rings. The van der Waals surface area contributed by atoms with Gasteiger partial charge in [0.2, 0.25) is 0 Å². The van der Waals surface area contributed by atoms with Crippen LogP contribution in [0.4, 0.5) is 14.5 Å². The highest BCUT2D eigenvalue weighted by atomic mass is 35.5. The van der Waals surface area contributed by atoms with Crippen molar-refractivity contribution in [2.45, 2.75) is 26.5 Å². The molecule has 0 aliphatic rings. The molecule has 0 bridgehead atoms. The van der Waals surface area contributed by atoms with Gasteiger partial charge >= 0.3 is 6.61 Å². The average molecular weight is 415 g/mol. The molecule has 3 aromatic rings. The monoisotopic (exact) mass is 414 g/mol. The number of hydrogen-bond donors (Lipinski definition) is 1. The highest BCUT2D eigenvalue weighted by Crippen LogP contribution is 2.34. The molecule has 0 saturated carbocycles. The van der Waals surface area contributed by atoms with Gasteiger partial charge in [-0.1, -0.05) is 23.2 Å². The number of nitrogens with one attached hydrogen (secondary N) is 1. The van der Waals surface area contributed by atoms with E-state index in [2.05, 4.69) is 20.1 Å². The molecule has 0 unspecified atom stereocenters. The third-order valence-corrected chi connectivity index (χ3v) is 4.14. The maximum Gasteiger partial charge on any atom is 0.387 e. The number of halogens is 4. The normalized spacial score (nSPS) is 11.4. The molecule has 0 aliphatic carbocycles. The van der Waals surface area contributed by atoms with Gasteiger partial charge < -0.3 is 10.1 Å². The van der Waals surface area contributed by atoms with Gasteiger partial charge in [-0.15, -0.1) is 0 Å². The van der Waals surface area contributed by atoms with E-state index in [0.29, 0.717) is 11.3 Å². The number of benzene rings is 1. The van der Waals surface area contributed by atoms with Crippen LogP contribution >= 0.6 is 23.2 Å². The summed E-state index contributed by atoms with van der Waals surface area (Å²) in [6.07, 6.45) is 3.07. The minimum atomic E-state index is -3.14. The van der Waals surface area contributed by atoms with E-state index in [9.17, 15) is 13.6 Å². The lowest BCUT2D eigenvalue weighted by atomic mass is 10.1. The van der Waals surface area contributed by atoms with Crippen LogP contribution in [-0.4, -0.2) is 27.3 Å². The fourth-order valence-electron chi connectivity index (χ4n) is 2.52. The first-order chi connectivity index (χ1) is 12.8. The molecule has 10 heteroatoms. The largest absolute Gasteiger partial charge is 0.432 e. The Bertz CT molecular complexity index is 1010. The Morgan fingerprint density at radius 2 is 1.96 bits per heavy atom. The van der Waals surface area contributed by atoms with Crippen LogP contribution in [0.5, 0.6) is 5.75 Å². The second-order valence-electron chi connectivity index (χ2n) is 5.92. The Kier molecular flexibility index (Phi) is 5.48. The second kappa shape index (κ2) is 7.66. The number of ether oxygens (including phenoxy) is 1. The molecule has 1 N–H and O–H groups in total. The molecule has 27 heavy (non-hydrogen) atoms. The Morgan fingerprint density at radius 1 is 1.22 bits per heavy atom. The number of aromatic nitrogens is 3. The van der Waals surface area contributed by atoms with Crippen LogP contribution in [0.25, 0.3) is 11.0 Å². The molecule has 6 nitrogen and oxygen atoms in total. The number of alkyl halides is 2. The third-order valence-electron chi connectivity index (χ3n) is 3.64. The van der Waals surface area contributed by atoms with Crippen molar-refractivity contribution >= 4 is 45.8 Å². The van der Waals surface area contributed by atoms with Gasteiger partial charge in [0.05, 0.1) is 28.7 Å². The summed E-state index contributed by atoms with van der Waals surface area (Å²) in [4.78, 5) is 16.9. The molecule has 1 aromatic carbocycles. The lowest BCUT2D eigenvalue weighted by Gasteiger charge is -2.13. The van der Waals surface area contributed by atoms with Crippen LogP contribution in [0.1, 0.15) is 30.2 Å². The van der Waals surface area contributed by atoms with Gasteiger partial charge in [0.25, 0.3) is 5.91 Å². The Morgan fingerprint density at radius 3 is 2.63 bits per heavy atom. The number of carbonyl (C=O) groups excluding carboxylic acids is 1. The Balaban J connectivity index is 1.92. The lowest BCUT2D eigenvalue weighted by molar-refractivity contribution is -0.0500. The predicted molar refractivity (Wildman–Crippen MR) is 99.0 cm³/mol. The SMILES string of the molecule is CC(C)n1ncc2cc(NC(=O)c3cc(Cl)cc(Cl)c3OC(F)F)cnc21. The number of nitrogens with zero attached hydrogens (tertiary/aromatic N) is 3. The third kappa shape index (κ3) is 4.12. The molecule has 0 radical (unpaired) electrons. The quantitative estimate of drug-likeness (QED) is 0.624. The first-order valence-electron chi connectivity index (χ1n) is 7.84. The number of rotatable bonds is 5. The number of fused-ring (bicyclic) bond motifs is 1. The van der Waals surface area contributed by atoms with E-state index in [-0.39, 0.29) is 21.7 Å². The van der Waals surface area contributed by atoms with Crippen molar-refractivity contribution in [1.29, 1.82) is 0 Å². The van der Waals surface area contributed by atoms with Gasteiger partial charge in [0.15, 0.2) is 11.4 Å². The molecular weight excluding hydrogens is 401 g/mol. The summed E-state index contributed by atoms with van der Waals surface area (Å²) in [5, 5.41) is 7.46. The maximum atomic E-state index is 12.6. The zero-order valence-electron chi connectivity index (χ0n) is 14.2. The predicted octanol–water partition coefficient (Wildman–Crippen LogP) is 5.17. The summed E-state index contributed by atoms with van der Waals surface area (Å²) < 4.78 is 31.4. The summed E-state index contributed by atoms with van der Waals surface area (Å²) in [6, 6.07) is 4.21. The smallest absolute Gasteiger partial charge is 0.387 e. The molecule has 142 valence electrons. The second-order valence-corrected chi connectivity index (χ2v) is 6.76. The van der Waals surface area contributed by atoms with Gasteiger partial charge in [-0.2, -0.15) is 13.9 Å². The minimum absolute atomic E-state index is 0.110. The van der Waals surface area contributed by atoms with Crippen molar-refractivity contribution in [3.63, 3.8) is 0 Å². The lowest BCUT2D eigenvalue weighted by Crippen LogP contribution is -2.15. The number of hydrogen-bond acceptors (Lipinski definition) is 4. The van der Waals surface area contributed by atoms with Crippen LogP contribution in [-0.2, 0) is 0 Å². The van der Waals surface area contributed by atoms with Crippen molar-refractivity contribution < 1.29 is 18.3 Å². The number of anilines is 1. The van der Waals surface area contributed by atoms with E-state index in [0.717, 1.165) is 5.39 Å². The van der Waals surface area contributed by atoms with E-state index in [1.165, 1.54) is 18.3 Å². The molecule has 2 heterocycles. The van der Waals surface area contributed by atoms with Crippen LogP contribution in [0.2, 0.25) is 10.0 Å². The van der Waals surface area contributed by atoms with E-state index in [4.69, 9.17) is 23.2 Å². The van der Waals surface area contributed by atoms with E-state index >= 15 is 0 Å². The minimum Gasteiger partial charge on any atom is -0.432 e. The summed E-state index contributed by atoms with van der Waals surface area (Å²) in [6.45, 7) is 0.796. The van der Waals surface area contributed by atoms with Crippen molar-refractivity contribution in [1.82, 2.24) is 14.8 Å². The molecule has 0 saturated heterocycles. The Hall–Kier alpha value is -2.45. The van der Waals surface area contributed by atoms with Gasteiger partial charge in [-0.3, -0.25) is 4.79 Å². The Labute approximate surface area is 163 Å². The van der Waals surface area contributed by atoms with Gasteiger partial charge in [0.1, 0.15) is 0 Å². The van der Waals surface area contributed by atoms with E-state index in [1.54, 1.807) is 16.9 Å². The highest BCUT2D eigenvalue weighted by Gasteiger charge is 2.21. The zero-order valence-corrected chi connectivity index (χ0v) is 15.7. The molecule has 0 spiro atoms. The van der Waals surface area contributed by atoms with Crippen LogP contribution in [0.15, 0.2) is 30.6 Å². The first-order valence-corrected chi connectivity index (χ1v) is 8.60. The average Bonchev–Trinajstić information content (AvgIpc) is 3.00. The van der Waals surface area contributed by atoms with E-state index < -0.39 is 18.3 Å². The fourth-order valence-corrected chi connectivity index (χ4v) is 3.06. The summed E-state index contributed by atoms with van der Waals surface area (Å²) in [5.41, 5.74) is 0.802. The van der Waals surface area contributed by atoms with Crippen LogP contribution < -0.4 is 10.1 Å². The number of amides is 1. The maximum absolute atomic E-state index is 12.6. The number of pyridine rings is 1.